The second-order valence-corrected chi connectivity index (χ2v) is 8.03. The Labute approximate surface area is 151 Å². The van der Waals surface area contributed by atoms with Gasteiger partial charge in [0.05, 0.1) is 6.04 Å². The lowest BCUT2D eigenvalue weighted by Crippen LogP contribution is -2.49. The summed E-state index contributed by atoms with van der Waals surface area (Å²) in [6.07, 6.45) is 2.48. The van der Waals surface area contributed by atoms with Crippen molar-refractivity contribution in [2.24, 2.45) is 23.5 Å². The van der Waals surface area contributed by atoms with E-state index in [1.807, 2.05) is 30.9 Å². The van der Waals surface area contributed by atoms with Gasteiger partial charge in [0.15, 0.2) is 5.78 Å². The summed E-state index contributed by atoms with van der Waals surface area (Å²) in [6, 6.07) is 7.58. The van der Waals surface area contributed by atoms with Crippen molar-refractivity contribution in [1.82, 2.24) is 4.90 Å². The van der Waals surface area contributed by atoms with Crippen LogP contribution in [0.15, 0.2) is 24.3 Å². The average Bonchev–Trinajstić information content (AvgIpc) is 2.60. The number of hydrogen-bond donors (Lipinski definition) is 1. The van der Waals surface area contributed by atoms with E-state index >= 15 is 0 Å². The summed E-state index contributed by atoms with van der Waals surface area (Å²) in [5.74, 6) is 0.974. The van der Waals surface area contributed by atoms with Crippen LogP contribution in [0.3, 0.4) is 0 Å². The van der Waals surface area contributed by atoms with E-state index in [1.54, 1.807) is 0 Å². The molecule has 0 aliphatic carbocycles. The molecule has 1 fully saturated rings. The Morgan fingerprint density at radius 1 is 1.08 bits per heavy atom. The fourth-order valence-corrected chi connectivity index (χ4v) is 3.37. The van der Waals surface area contributed by atoms with Gasteiger partial charge in [-0.05, 0) is 36.7 Å². The lowest BCUT2D eigenvalue weighted by molar-refractivity contribution is -0.134. The molecule has 1 atom stereocenters. The number of nitrogens with two attached hydrogens (primary N) is 1. The van der Waals surface area contributed by atoms with E-state index in [9.17, 15) is 9.59 Å². The van der Waals surface area contributed by atoms with Gasteiger partial charge in [0.1, 0.15) is 0 Å². The molecule has 1 amide bonds. The fourth-order valence-electron chi connectivity index (χ4n) is 3.37. The SMILES string of the molecule is CC(C)Cc1ccc(C(=O)C2CCN(C(=O)[C@@H](N)C(C)C)CC2)cc1. The number of benzene rings is 1. The molecule has 0 saturated carbocycles. The van der Waals surface area contributed by atoms with E-state index in [4.69, 9.17) is 5.73 Å². The van der Waals surface area contributed by atoms with E-state index in [2.05, 4.69) is 26.0 Å². The van der Waals surface area contributed by atoms with Crippen LogP contribution in [0, 0.1) is 17.8 Å². The molecule has 4 heteroatoms. The lowest BCUT2D eigenvalue weighted by Gasteiger charge is -2.33. The largest absolute Gasteiger partial charge is 0.341 e. The van der Waals surface area contributed by atoms with Crippen LogP contribution in [-0.4, -0.2) is 35.7 Å². The van der Waals surface area contributed by atoms with Crippen molar-refractivity contribution in [3.63, 3.8) is 0 Å². The quantitative estimate of drug-likeness (QED) is 0.806. The number of hydrogen-bond acceptors (Lipinski definition) is 3. The maximum atomic E-state index is 12.7. The van der Waals surface area contributed by atoms with Crippen LogP contribution >= 0.6 is 0 Å². The number of rotatable bonds is 6. The molecule has 1 aliphatic heterocycles. The first kappa shape index (κ1) is 19.6. The monoisotopic (exact) mass is 344 g/mol. The van der Waals surface area contributed by atoms with Gasteiger partial charge in [0.2, 0.25) is 5.91 Å². The normalized spacial score (nSPS) is 17.2. The number of piperidine rings is 1. The zero-order valence-electron chi connectivity index (χ0n) is 16.0. The molecule has 4 nitrogen and oxygen atoms in total. The highest BCUT2D eigenvalue weighted by Crippen LogP contribution is 2.23. The molecule has 2 N–H and O–H groups in total. The van der Waals surface area contributed by atoms with Gasteiger partial charge < -0.3 is 10.6 Å². The molecule has 1 heterocycles. The van der Waals surface area contributed by atoms with Crippen molar-refractivity contribution in [1.29, 1.82) is 0 Å². The second kappa shape index (κ2) is 8.61. The third-order valence-corrected chi connectivity index (χ3v) is 5.06. The van der Waals surface area contributed by atoms with Gasteiger partial charge in [-0.3, -0.25) is 9.59 Å². The Morgan fingerprint density at radius 3 is 2.12 bits per heavy atom. The number of ketones is 1. The van der Waals surface area contributed by atoms with Gasteiger partial charge in [-0.25, -0.2) is 0 Å². The van der Waals surface area contributed by atoms with Crippen molar-refractivity contribution < 1.29 is 9.59 Å². The highest BCUT2D eigenvalue weighted by atomic mass is 16.2. The summed E-state index contributed by atoms with van der Waals surface area (Å²) in [5, 5.41) is 0. The summed E-state index contributed by atoms with van der Waals surface area (Å²) in [5.41, 5.74) is 8.03. The smallest absolute Gasteiger partial charge is 0.239 e. The van der Waals surface area contributed by atoms with Gasteiger partial charge in [-0.15, -0.1) is 0 Å². The second-order valence-electron chi connectivity index (χ2n) is 8.03. The van der Waals surface area contributed by atoms with Crippen molar-refractivity contribution >= 4 is 11.7 Å². The first-order valence-electron chi connectivity index (χ1n) is 9.47. The van der Waals surface area contributed by atoms with Crippen LogP contribution in [0.4, 0.5) is 0 Å². The molecule has 1 aromatic rings. The van der Waals surface area contributed by atoms with Crippen molar-refractivity contribution in [2.75, 3.05) is 13.1 Å². The number of amides is 1. The molecular weight excluding hydrogens is 312 g/mol. The van der Waals surface area contributed by atoms with Crippen LogP contribution in [0.1, 0.15) is 56.5 Å². The van der Waals surface area contributed by atoms with E-state index in [-0.39, 0.29) is 23.5 Å². The van der Waals surface area contributed by atoms with Gasteiger partial charge in [-0.2, -0.15) is 0 Å². The minimum atomic E-state index is -0.444. The molecule has 2 rings (SSSR count). The van der Waals surface area contributed by atoms with Crippen LogP contribution < -0.4 is 5.73 Å². The van der Waals surface area contributed by atoms with Crippen molar-refractivity contribution in [3.05, 3.63) is 35.4 Å². The average molecular weight is 344 g/mol. The number of Topliss-reactive ketones (excluding diaryl/α,β-unsaturated/α-hetero) is 1. The summed E-state index contributed by atoms with van der Waals surface area (Å²) < 4.78 is 0. The topological polar surface area (TPSA) is 63.4 Å². The molecule has 1 aliphatic rings. The standard InChI is InChI=1S/C21H32N2O2/c1-14(2)13-16-5-7-17(8-6-16)20(24)18-9-11-23(12-10-18)21(25)19(22)15(3)4/h5-8,14-15,18-19H,9-13,22H2,1-4H3/t19-/m0/s1. The Bertz CT molecular complexity index is 584. The zero-order chi connectivity index (χ0) is 18.6. The maximum Gasteiger partial charge on any atom is 0.239 e. The first-order valence-corrected chi connectivity index (χ1v) is 9.47. The van der Waals surface area contributed by atoms with Gasteiger partial charge in [0.25, 0.3) is 0 Å². The summed E-state index contributed by atoms with van der Waals surface area (Å²) in [6.45, 7) is 9.56. The molecule has 0 unspecified atom stereocenters. The number of nitrogens with zero attached hydrogens (tertiary/aromatic N) is 1. The van der Waals surface area contributed by atoms with E-state index < -0.39 is 6.04 Å². The van der Waals surface area contributed by atoms with Crippen molar-refractivity contribution in [2.45, 2.75) is 53.0 Å². The Balaban J connectivity index is 1.92. The highest BCUT2D eigenvalue weighted by Gasteiger charge is 2.30. The fraction of sp³-hybridized carbons (Fsp3) is 0.619. The van der Waals surface area contributed by atoms with Crippen LogP contribution in [0.5, 0.6) is 0 Å². The molecular formula is C21H32N2O2. The Hall–Kier alpha value is -1.68. The van der Waals surface area contributed by atoms with E-state index in [0.29, 0.717) is 19.0 Å². The predicted octanol–water partition coefficient (Wildman–Crippen LogP) is 3.29. The van der Waals surface area contributed by atoms with Gasteiger partial charge >= 0.3 is 0 Å². The van der Waals surface area contributed by atoms with Crippen LogP contribution in [-0.2, 0) is 11.2 Å². The van der Waals surface area contributed by atoms with Gasteiger partial charge in [-0.1, -0.05) is 52.0 Å². The van der Waals surface area contributed by atoms with Crippen molar-refractivity contribution in [3.8, 4) is 0 Å². The predicted molar refractivity (Wildman–Crippen MR) is 101 cm³/mol. The molecule has 0 radical (unpaired) electrons. The summed E-state index contributed by atoms with van der Waals surface area (Å²) in [7, 11) is 0. The number of carbonyl (C=O) groups excluding carboxylic acids is 2. The molecule has 0 aromatic heterocycles. The third-order valence-electron chi connectivity index (χ3n) is 5.06. The Morgan fingerprint density at radius 2 is 1.64 bits per heavy atom. The summed E-state index contributed by atoms with van der Waals surface area (Å²) >= 11 is 0. The minimum Gasteiger partial charge on any atom is -0.341 e. The van der Waals surface area contributed by atoms with E-state index in [1.165, 1.54) is 5.56 Å². The highest BCUT2D eigenvalue weighted by molar-refractivity contribution is 5.98. The zero-order valence-corrected chi connectivity index (χ0v) is 16.0. The minimum absolute atomic E-state index is 0.00951. The molecule has 138 valence electrons. The molecule has 0 bridgehead atoms. The molecule has 1 saturated heterocycles. The molecule has 25 heavy (non-hydrogen) atoms. The van der Waals surface area contributed by atoms with Crippen LogP contribution in [0.25, 0.3) is 0 Å². The lowest BCUT2D eigenvalue weighted by atomic mass is 9.88. The maximum absolute atomic E-state index is 12.7. The van der Waals surface area contributed by atoms with Gasteiger partial charge in [0, 0.05) is 24.6 Å². The third kappa shape index (κ3) is 5.15. The molecule has 0 spiro atoms. The number of likely N-dealkylation sites (tertiary alicyclic amines) is 1. The van der Waals surface area contributed by atoms with Crippen LogP contribution in [0.2, 0.25) is 0 Å². The number of carbonyl (C=O) groups is 2. The van der Waals surface area contributed by atoms with E-state index in [0.717, 1.165) is 24.8 Å². The first-order chi connectivity index (χ1) is 11.8. The Kier molecular flexibility index (Phi) is 6.77. The molecule has 1 aromatic carbocycles. The summed E-state index contributed by atoms with van der Waals surface area (Å²) in [4.78, 5) is 26.9.